The fraction of sp³-hybridized carbons (Fsp3) is 0.450. The summed E-state index contributed by atoms with van der Waals surface area (Å²) in [5, 5.41) is 15.0. The summed E-state index contributed by atoms with van der Waals surface area (Å²) in [5.41, 5.74) is 0.880. The Morgan fingerprint density at radius 2 is 2.10 bits per heavy atom. The first-order valence-electron chi connectivity index (χ1n) is 9.77. The standard InChI is InChI=1S/C20H28N6O2.HI/c1-2-21-20(23-12-7-14-27-16-17-8-6-15-28-17)22-11-5-10-19-25-24-18-9-3-4-13-26(18)19;/h3-4,6,8-9,13,15H,2,5,7,10-12,14,16H2,1H3,(H2,21,22,23);1H. The predicted octanol–water partition coefficient (Wildman–Crippen LogP) is 3.03. The first-order chi connectivity index (χ1) is 13.9. The molecule has 0 aliphatic carbocycles. The van der Waals surface area contributed by atoms with E-state index in [1.165, 1.54) is 0 Å². The second-order valence-corrected chi connectivity index (χ2v) is 6.32. The average Bonchev–Trinajstić information content (AvgIpc) is 3.38. The third-order valence-electron chi connectivity index (χ3n) is 4.14. The summed E-state index contributed by atoms with van der Waals surface area (Å²) in [6.07, 6.45) is 6.31. The zero-order valence-corrected chi connectivity index (χ0v) is 19.0. The Kier molecular flexibility index (Phi) is 10.5. The molecule has 0 bridgehead atoms. The zero-order valence-electron chi connectivity index (χ0n) is 16.7. The number of guanidine groups is 1. The predicted molar refractivity (Wildman–Crippen MR) is 124 cm³/mol. The van der Waals surface area contributed by atoms with E-state index in [9.17, 15) is 0 Å². The monoisotopic (exact) mass is 512 g/mol. The highest BCUT2D eigenvalue weighted by Crippen LogP contribution is 2.05. The molecule has 3 rings (SSSR count). The average molecular weight is 512 g/mol. The van der Waals surface area contributed by atoms with Crippen molar-refractivity contribution in [1.82, 2.24) is 25.2 Å². The highest BCUT2D eigenvalue weighted by molar-refractivity contribution is 14.0. The number of halogens is 1. The fourth-order valence-electron chi connectivity index (χ4n) is 2.78. The molecular weight excluding hydrogens is 483 g/mol. The van der Waals surface area contributed by atoms with E-state index in [1.54, 1.807) is 6.26 Å². The van der Waals surface area contributed by atoms with Crippen LogP contribution < -0.4 is 10.6 Å². The summed E-state index contributed by atoms with van der Waals surface area (Å²) in [4.78, 5) is 4.63. The van der Waals surface area contributed by atoms with Crippen LogP contribution in [0, 0.1) is 0 Å². The Morgan fingerprint density at radius 1 is 1.17 bits per heavy atom. The van der Waals surface area contributed by atoms with Gasteiger partial charge in [0, 0.05) is 38.9 Å². The lowest BCUT2D eigenvalue weighted by Gasteiger charge is -2.11. The molecule has 0 aromatic carbocycles. The van der Waals surface area contributed by atoms with Crippen LogP contribution in [0.2, 0.25) is 0 Å². The molecule has 0 aliphatic heterocycles. The Labute approximate surface area is 188 Å². The highest BCUT2D eigenvalue weighted by atomic mass is 127. The van der Waals surface area contributed by atoms with Gasteiger partial charge in [-0.25, -0.2) is 0 Å². The Balaban J connectivity index is 0.00000300. The number of nitrogens with zero attached hydrogens (tertiary/aromatic N) is 4. The van der Waals surface area contributed by atoms with Crippen molar-refractivity contribution >= 4 is 35.6 Å². The lowest BCUT2D eigenvalue weighted by molar-refractivity contribution is 0.105. The third kappa shape index (κ3) is 7.65. The number of pyridine rings is 1. The van der Waals surface area contributed by atoms with Crippen LogP contribution in [0.1, 0.15) is 31.4 Å². The smallest absolute Gasteiger partial charge is 0.191 e. The summed E-state index contributed by atoms with van der Waals surface area (Å²) >= 11 is 0. The summed E-state index contributed by atoms with van der Waals surface area (Å²) in [5.74, 6) is 2.65. The minimum Gasteiger partial charge on any atom is -0.467 e. The molecule has 158 valence electrons. The number of hydrogen-bond donors (Lipinski definition) is 2. The summed E-state index contributed by atoms with van der Waals surface area (Å²) in [6, 6.07) is 9.69. The van der Waals surface area contributed by atoms with Crippen molar-refractivity contribution in [2.75, 3.05) is 26.2 Å². The van der Waals surface area contributed by atoms with Crippen LogP contribution in [-0.2, 0) is 17.8 Å². The highest BCUT2D eigenvalue weighted by Gasteiger charge is 2.04. The Hall–Kier alpha value is -2.14. The molecule has 3 aromatic heterocycles. The van der Waals surface area contributed by atoms with Crippen molar-refractivity contribution in [2.24, 2.45) is 4.99 Å². The second kappa shape index (κ2) is 13.2. The molecule has 0 fully saturated rings. The molecule has 0 saturated carbocycles. The summed E-state index contributed by atoms with van der Waals surface area (Å²) in [7, 11) is 0. The summed E-state index contributed by atoms with van der Waals surface area (Å²) in [6.45, 7) is 5.61. The largest absolute Gasteiger partial charge is 0.467 e. The maximum absolute atomic E-state index is 5.59. The van der Waals surface area contributed by atoms with Crippen LogP contribution in [-0.4, -0.2) is 46.8 Å². The SMILES string of the molecule is CCNC(=NCCCc1nnc2ccccn12)NCCCOCc1ccco1.I. The van der Waals surface area contributed by atoms with Gasteiger partial charge in [0.2, 0.25) is 0 Å². The fourth-order valence-corrected chi connectivity index (χ4v) is 2.78. The van der Waals surface area contributed by atoms with Gasteiger partial charge in [-0.1, -0.05) is 6.07 Å². The van der Waals surface area contributed by atoms with E-state index in [0.29, 0.717) is 13.2 Å². The number of hydrogen-bond acceptors (Lipinski definition) is 5. The number of rotatable bonds is 11. The molecule has 0 unspecified atom stereocenters. The van der Waals surface area contributed by atoms with E-state index in [1.807, 2.05) is 40.9 Å². The van der Waals surface area contributed by atoms with Crippen LogP contribution in [0.5, 0.6) is 0 Å². The van der Waals surface area contributed by atoms with E-state index in [2.05, 4.69) is 32.7 Å². The minimum absolute atomic E-state index is 0. The van der Waals surface area contributed by atoms with Crippen LogP contribution in [0.4, 0.5) is 0 Å². The van der Waals surface area contributed by atoms with Crippen molar-refractivity contribution in [3.8, 4) is 0 Å². The molecule has 3 heterocycles. The number of aromatic nitrogens is 3. The molecule has 0 amide bonds. The maximum atomic E-state index is 5.59. The van der Waals surface area contributed by atoms with E-state index >= 15 is 0 Å². The van der Waals surface area contributed by atoms with Crippen molar-refractivity contribution in [1.29, 1.82) is 0 Å². The number of furan rings is 1. The van der Waals surface area contributed by atoms with Crippen LogP contribution >= 0.6 is 24.0 Å². The van der Waals surface area contributed by atoms with Gasteiger partial charge in [-0.15, -0.1) is 34.2 Å². The Morgan fingerprint density at radius 3 is 2.93 bits per heavy atom. The first kappa shape index (κ1) is 23.1. The van der Waals surface area contributed by atoms with E-state index < -0.39 is 0 Å². The van der Waals surface area contributed by atoms with Crippen LogP contribution in [0.3, 0.4) is 0 Å². The number of nitrogens with one attached hydrogen (secondary N) is 2. The van der Waals surface area contributed by atoms with Gasteiger partial charge in [0.1, 0.15) is 18.2 Å². The number of aryl methyl sites for hydroxylation is 1. The molecule has 0 spiro atoms. The maximum Gasteiger partial charge on any atom is 0.191 e. The quantitative estimate of drug-likeness (QED) is 0.178. The molecule has 0 aliphatic rings. The van der Waals surface area contributed by atoms with Gasteiger partial charge in [-0.2, -0.15) is 0 Å². The van der Waals surface area contributed by atoms with Gasteiger partial charge in [0.05, 0.1) is 6.26 Å². The molecule has 8 nitrogen and oxygen atoms in total. The van der Waals surface area contributed by atoms with Gasteiger partial charge in [-0.3, -0.25) is 9.39 Å². The lowest BCUT2D eigenvalue weighted by atomic mass is 10.3. The second-order valence-electron chi connectivity index (χ2n) is 6.32. The van der Waals surface area contributed by atoms with Gasteiger partial charge < -0.3 is 19.8 Å². The summed E-state index contributed by atoms with van der Waals surface area (Å²) < 4.78 is 12.8. The third-order valence-corrected chi connectivity index (χ3v) is 4.14. The minimum atomic E-state index is 0. The molecule has 3 aromatic rings. The Bertz CT molecular complexity index is 850. The lowest BCUT2D eigenvalue weighted by Crippen LogP contribution is -2.38. The van der Waals surface area contributed by atoms with Gasteiger partial charge in [0.25, 0.3) is 0 Å². The van der Waals surface area contributed by atoms with Gasteiger partial charge in [0.15, 0.2) is 11.6 Å². The van der Waals surface area contributed by atoms with Gasteiger partial charge >= 0.3 is 0 Å². The number of ether oxygens (including phenoxy) is 1. The van der Waals surface area contributed by atoms with E-state index in [4.69, 9.17) is 9.15 Å². The van der Waals surface area contributed by atoms with Gasteiger partial charge in [-0.05, 0) is 44.0 Å². The molecule has 0 radical (unpaired) electrons. The first-order valence-corrected chi connectivity index (χ1v) is 9.77. The van der Waals surface area contributed by atoms with E-state index in [-0.39, 0.29) is 24.0 Å². The van der Waals surface area contributed by atoms with E-state index in [0.717, 1.165) is 62.1 Å². The number of fused-ring (bicyclic) bond motifs is 1. The molecule has 0 atom stereocenters. The molecule has 0 saturated heterocycles. The van der Waals surface area contributed by atoms with Crippen molar-refractivity contribution in [3.63, 3.8) is 0 Å². The molecule has 9 heteroatoms. The number of aliphatic imine (C=N–C) groups is 1. The molecular formula is C20H29IN6O2. The molecule has 2 N–H and O–H groups in total. The normalized spacial score (nSPS) is 11.4. The van der Waals surface area contributed by atoms with Crippen LogP contribution in [0.15, 0.2) is 52.2 Å². The van der Waals surface area contributed by atoms with Crippen LogP contribution in [0.25, 0.3) is 5.65 Å². The topological polar surface area (TPSA) is 89.0 Å². The zero-order chi connectivity index (χ0) is 19.4. The molecule has 29 heavy (non-hydrogen) atoms. The van der Waals surface area contributed by atoms with Crippen molar-refractivity contribution in [3.05, 3.63) is 54.4 Å². The van der Waals surface area contributed by atoms with Crippen molar-refractivity contribution in [2.45, 2.75) is 32.8 Å². The van der Waals surface area contributed by atoms with Crippen molar-refractivity contribution < 1.29 is 9.15 Å².